The van der Waals surface area contributed by atoms with Crippen molar-refractivity contribution in [2.24, 2.45) is 0 Å². The van der Waals surface area contributed by atoms with Gasteiger partial charge in [0, 0.05) is 12.1 Å². The first-order valence-corrected chi connectivity index (χ1v) is 8.96. The van der Waals surface area contributed by atoms with Gasteiger partial charge in [-0.05, 0) is 24.1 Å². The summed E-state index contributed by atoms with van der Waals surface area (Å²) in [5.74, 6) is -0.746. The third kappa shape index (κ3) is 4.98. The van der Waals surface area contributed by atoms with E-state index in [0.29, 0.717) is 6.42 Å². The molecule has 16 heavy (non-hydrogen) atoms. The summed E-state index contributed by atoms with van der Waals surface area (Å²) in [6.45, 7) is 6.72. The number of hydrogen-bond acceptors (Lipinski definition) is 2. The molecule has 0 aliphatic carbocycles. The Hall–Kier alpha value is -1.29. The summed E-state index contributed by atoms with van der Waals surface area (Å²) in [4.78, 5) is 13.9. The van der Waals surface area contributed by atoms with Gasteiger partial charge >= 0.3 is 5.97 Å². The predicted molar refractivity (Wildman–Crippen MR) is 69.4 cm³/mol. The van der Waals surface area contributed by atoms with Gasteiger partial charge in [-0.1, -0.05) is 31.8 Å². The second-order valence-electron chi connectivity index (χ2n) is 4.97. The van der Waals surface area contributed by atoms with Crippen molar-refractivity contribution in [2.75, 3.05) is 4.98 Å². The third-order valence-electron chi connectivity index (χ3n) is 2.10. The molecule has 3 nitrogen and oxygen atoms in total. The molecule has 1 rings (SSSR count). The zero-order valence-corrected chi connectivity index (χ0v) is 11.1. The lowest BCUT2D eigenvalue weighted by Gasteiger charge is -2.19. The van der Waals surface area contributed by atoms with Crippen LogP contribution >= 0.6 is 0 Å². The number of carbonyl (C=O) groups is 1. The molecule has 0 saturated heterocycles. The summed E-state index contributed by atoms with van der Waals surface area (Å²) >= 11 is 0. The average molecular weight is 237 g/mol. The van der Waals surface area contributed by atoms with Crippen LogP contribution in [0, 0.1) is 0 Å². The van der Waals surface area contributed by atoms with Gasteiger partial charge in [0.2, 0.25) is 0 Å². The van der Waals surface area contributed by atoms with E-state index in [1.54, 1.807) is 0 Å². The number of aliphatic carboxylic acids is 1. The second-order valence-corrected chi connectivity index (χ2v) is 9.72. The highest BCUT2D eigenvalue weighted by Crippen LogP contribution is 2.14. The highest BCUT2D eigenvalue weighted by atomic mass is 28.3. The van der Waals surface area contributed by atoms with Gasteiger partial charge in [0.1, 0.15) is 8.24 Å². The van der Waals surface area contributed by atoms with Crippen LogP contribution in [-0.4, -0.2) is 19.3 Å². The Morgan fingerprint density at radius 2 is 1.81 bits per heavy atom. The van der Waals surface area contributed by atoms with Gasteiger partial charge < -0.3 is 10.1 Å². The molecule has 0 fully saturated rings. The summed E-state index contributed by atoms with van der Waals surface area (Å²) < 4.78 is 0. The molecule has 0 radical (unpaired) electrons. The summed E-state index contributed by atoms with van der Waals surface area (Å²) in [5.41, 5.74) is 2.20. The minimum absolute atomic E-state index is 0.195. The highest BCUT2D eigenvalue weighted by molar-refractivity contribution is 6.79. The van der Waals surface area contributed by atoms with Crippen molar-refractivity contribution in [1.82, 2.24) is 0 Å². The highest BCUT2D eigenvalue weighted by Gasteiger charge is 2.12. The van der Waals surface area contributed by atoms with E-state index < -0.39 is 14.2 Å². The average Bonchev–Trinajstić information content (AvgIpc) is 2.14. The molecule has 0 bridgehead atoms. The maximum absolute atomic E-state index is 10.4. The molecular formula is C12H19NO2Si. The van der Waals surface area contributed by atoms with Crippen LogP contribution in [-0.2, 0) is 11.2 Å². The van der Waals surface area contributed by atoms with Crippen LogP contribution in [0.1, 0.15) is 12.0 Å². The second kappa shape index (κ2) is 5.16. The van der Waals surface area contributed by atoms with Gasteiger partial charge in [0.25, 0.3) is 0 Å². The summed E-state index contributed by atoms with van der Waals surface area (Å²) in [7, 11) is -1.30. The van der Waals surface area contributed by atoms with E-state index in [9.17, 15) is 4.79 Å². The molecule has 0 aliphatic heterocycles. The summed E-state index contributed by atoms with van der Waals surface area (Å²) in [5, 5.41) is 8.58. The number of hydrogen-bond donors (Lipinski definition) is 2. The third-order valence-corrected chi connectivity index (χ3v) is 3.14. The number of benzene rings is 1. The minimum Gasteiger partial charge on any atom is -0.481 e. The number of carboxylic acid groups (broad SMARTS) is 1. The quantitative estimate of drug-likeness (QED) is 0.774. The maximum atomic E-state index is 10.4. The van der Waals surface area contributed by atoms with Gasteiger partial charge in [-0.3, -0.25) is 4.79 Å². The van der Waals surface area contributed by atoms with Crippen LogP contribution in [0.25, 0.3) is 0 Å². The number of rotatable bonds is 5. The zero-order chi connectivity index (χ0) is 12.2. The SMILES string of the molecule is C[Si](C)(C)Nc1ccc(CCC(=O)O)cc1. The lowest BCUT2D eigenvalue weighted by atomic mass is 10.1. The van der Waals surface area contributed by atoms with Crippen molar-refractivity contribution in [2.45, 2.75) is 32.5 Å². The minimum atomic E-state index is -1.30. The van der Waals surface area contributed by atoms with Crippen molar-refractivity contribution < 1.29 is 9.90 Å². The van der Waals surface area contributed by atoms with Crippen LogP contribution in [0.5, 0.6) is 0 Å². The Bertz CT molecular complexity index is 354. The Labute approximate surface area is 97.6 Å². The molecule has 0 amide bonds. The Kier molecular flexibility index (Phi) is 4.12. The molecule has 0 saturated carbocycles. The molecule has 2 N–H and O–H groups in total. The van der Waals surface area contributed by atoms with E-state index >= 15 is 0 Å². The van der Waals surface area contributed by atoms with E-state index in [1.165, 1.54) is 0 Å². The number of nitrogens with one attached hydrogen (secondary N) is 1. The van der Waals surface area contributed by atoms with Gasteiger partial charge in [-0.2, -0.15) is 0 Å². The van der Waals surface area contributed by atoms with Gasteiger partial charge in [-0.25, -0.2) is 0 Å². The number of anilines is 1. The fourth-order valence-corrected chi connectivity index (χ4v) is 2.47. The summed E-state index contributed by atoms with van der Waals surface area (Å²) in [6.07, 6.45) is 0.795. The van der Waals surface area contributed by atoms with Crippen molar-refractivity contribution in [3.05, 3.63) is 29.8 Å². The molecule has 1 aromatic carbocycles. The van der Waals surface area contributed by atoms with E-state index in [-0.39, 0.29) is 6.42 Å². The molecule has 0 aromatic heterocycles. The monoisotopic (exact) mass is 237 g/mol. The first kappa shape index (κ1) is 12.8. The molecule has 0 heterocycles. The first-order valence-electron chi connectivity index (χ1n) is 5.46. The lowest BCUT2D eigenvalue weighted by molar-refractivity contribution is -0.136. The van der Waals surface area contributed by atoms with Crippen LogP contribution in [0.3, 0.4) is 0 Å². The van der Waals surface area contributed by atoms with Gasteiger partial charge in [0.15, 0.2) is 0 Å². The zero-order valence-electron chi connectivity index (χ0n) is 10.1. The molecule has 88 valence electrons. The fraction of sp³-hybridized carbons (Fsp3) is 0.417. The van der Waals surface area contributed by atoms with Crippen molar-refractivity contribution in [1.29, 1.82) is 0 Å². The Morgan fingerprint density at radius 3 is 2.25 bits per heavy atom. The first-order chi connectivity index (χ1) is 7.37. The topological polar surface area (TPSA) is 49.3 Å². The molecule has 0 unspecified atom stereocenters. The molecule has 4 heteroatoms. The van der Waals surface area contributed by atoms with E-state index in [4.69, 9.17) is 5.11 Å². The normalized spacial score (nSPS) is 11.2. The fourth-order valence-electron chi connectivity index (χ4n) is 1.44. The van der Waals surface area contributed by atoms with Crippen molar-refractivity contribution in [3.63, 3.8) is 0 Å². The van der Waals surface area contributed by atoms with Crippen LogP contribution in [0.15, 0.2) is 24.3 Å². The Morgan fingerprint density at radius 1 is 1.25 bits per heavy atom. The molecule has 1 aromatic rings. The maximum Gasteiger partial charge on any atom is 0.303 e. The molecule has 0 spiro atoms. The predicted octanol–water partition coefficient (Wildman–Crippen LogP) is 2.95. The molecule has 0 atom stereocenters. The Balaban J connectivity index is 2.57. The van der Waals surface area contributed by atoms with E-state index in [0.717, 1.165) is 11.3 Å². The lowest BCUT2D eigenvalue weighted by Crippen LogP contribution is -2.32. The number of carboxylic acids is 1. The van der Waals surface area contributed by atoms with Crippen molar-refractivity contribution >= 4 is 19.9 Å². The smallest absolute Gasteiger partial charge is 0.303 e. The van der Waals surface area contributed by atoms with Crippen LogP contribution in [0.4, 0.5) is 5.69 Å². The van der Waals surface area contributed by atoms with Crippen LogP contribution < -0.4 is 4.98 Å². The van der Waals surface area contributed by atoms with Gasteiger partial charge in [0.05, 0.1) is 0 Å². The van der Waals surface area contributed by atoms with E-state index in [1.807, 2.05) is 24.3 Å². The largest absolute Gasteiger partial charge is 0.481 e. The van der Waals surface area contributed by atoms with Crippen LogP contribution in [0.2, 0.25) is 19.6 Å². The van der Waals surface area contributed by atoms with Gasteiger partial charge in [-0.15, -0.1) is 0 Å². The standard InChI is InChI=1S/C12H19NO2Si/c1-16(2,3)13-11-7-4-10(5-8-11)6-9-12(14)15/h4-5,7-8,13H,6,9H2,1-3H3,(H,14,15). The van der Waals surface area contributed by atoms with Crippen molar-refractivity contribution in [3.8, 4) is 0 Å². The molecule has 0 aliphatic rings. The molecular weight excluding hydrogens is 218 g/mol. The number of aryl methyl sites for hydroxylation is 1. The van der Waals surface area contributed by atoms with E-state index in [2.05, 4.69) is 24.6 Å². The summed E-state index contributed by atoms with van der Waals surface area (Å²) in [6, 6.07) is 8.03.